The molecule has 9 nitrogen and oxygen atoms in total. The summed E-state index contributed by atoms with van der Waals surface area (Å²) < 4.78 is 4.47. The van der Waals surface area contributed by atoms with Gasteiger partial charge in [0.05, 0.1) is 6.61 Å². The number of aliphatic hydroxyl groups is 4. The molecule has 0 aliphatic carbocycles. The Balaban J connectivity index is 5.72. The van der Waals surface area contributed by atoms with Gasteiger partial charge in [-0.3, -0.25) is 14.4 Å². The summed E-state index contributed by atoms with van der Waals surface area (Å²) in [7, 11) is 0. The molecule has 0 rings (SSSR count). The number of rotatable bonds is 8. The summed E-state index contributed by atoms with van der Waals surface area (Å²) in [5.74, 6) is -6.12. The highest BCUT2D eigenvalue weighted by Gasteiger charge is 2.58. The minimum Gasteiger partial charge on any atom is -0.464 e. The van der Waals surface area contributed by atoms with E-state index in [4.69, 9.17) is 0 Å². The van der Waals surface area contributed by atoms with E-state index in [0.29, 0.717) is 20.8 Å². The average Bonchev–Trinajstić information content (AvgIpc) is 2.44. The van der Waals surface area contributed by atoms with Gasteiger partial charge >= 0.3 is 5.97 Å². The number of Topliss-reactive ketones (excluding diaryl/α,β-unsaturated/α-hetero) is 3. The number of carbonyl (C=O) groups excluding carboxylic acids is 4. The molecule has 0 aromatic carbocycles. The fourth-order valence-electron chi connectivity index (χ4n) is 1.93. The SMILES string of the molecule is CCOC(=O)C(C)(O)C(=O)C(C)(O)C(=O)C(C)(O)C(=O)C(C)O. The van der Waals surface area contributed by atoms with E-state index in [0.717, 1.165) is 6.92 Å². The molecule has 0 aliphatic heterocycles. The minimum atomic E-state index is -3.08. The smallest absolute Gasteiger partial charge is 0.345 e. The molecule has 0 bridgehead atoms. The van der Waals surface area contributed by atoms with Crippen molar-refractivity contribution in [2.45, 2.75) is 57.5 Å². The molecule has 132 valence electrons. The van der Waals surface area contributed by atoms with Gasteiger partial charge in [-0.25, -0.2) is 4.79 Å². The molecular weight excluding hydrogens is 312 g/mol. The number of hydrogen-bond acceptors (Lipinski definition) is 9. The normalized spacial score (nSPS) is 20.4. The van der Waals surface area contributed by atoms with Crippen molar-refractivity contribution in [3.8, 4) is 0 Å². The summed E-state index contributed by atoms with van der Waals surface area (Å²) in [5, 5.41) is 39.2. The number of ketones is 3. The maximum atomic E-state index is 12.2. The number of esters is 1. The van der Waals surface area contributed by atoms with Crippen molar-refractivity contribution in [1.82, 2.24) is 0 Å². The molecule has 0 saturated carbocycles. The van der Waals surface area contributed by atoms with E-state index in [1.807, 2.05) is 0 Å². The quantitative estimate of drug-likeness (QED) is 0.288. The van der Waals surface area contributed by atoms with Crippen molar-refractivity contribution in [2.24, 2.45) is 0 Å². The predicted octanol–water partition coefficient (Wildman–Crippen LogP) is -2.11. The second-order valence-corrected chi connectivity index (χ2v) is 5.64. The lowest BCUT2D eigenvalue weighted by Crippen LogP contribution is -2.64. The first-order valence-corrected chi connectivity index (χ1v) is 6.81. The molecule has 4 unspecified atom stereocenters. The zero-order valence-electron chi connectivity index (χ0n) is 13.6. The summed E-state index contributed by atoms with van der Waals surface area (Å²) >= 11 is 0. The van der Waals surface area contributed by atoms with Crippen molar-refractivity contribution in [1.29, 1.82) is 0 Å². The first kappa shape index (κ1) is 21.3. The Morgan fingerprint density at radius 2 is 1.30 bits per heavy atom. The third-order valence-electron chi connectivity index (χ3n) is 3.30. The molecule has 23 heavy (non-hydrogen) atoms. The first-order chi connectivity index (χ1) is 10.1. The van der Waals surface area contributed by atoms with Crippen molar-refractivity contribution < 1.29 is 44.3 Å². The van der Waals surface area contributed by atoms with Crippen LogP contribution in [-0.2, 0) is 23.9 Å². The van der Waals surface area contributed by atoms with Crippen LogP contribution in [0.4, 0.5) is 0 Å². The van der Waals surface area contributed by atoms with Crippen molar-refractivity contribution in [3.05, 3.63) is 0 Å². The number of aliphatic hydroxyl groups excluding tert-OH is 1. The lowest BCUT2D eigenvalue weighted by atomic mass is 9.77. The molecule has 0 fully saturated rings. The topological polar surface area (TPSA) is 158 Å². The molecule has 0 amide bonds. The van der Waals surface area contributed by atoms with Crippen LogP contribution in [0.1, 0.15) is 34.6 Å². The Morgan fingerprint density at radius 3 is 1.65 bits per heavy atom. The van der Waals surface area contributed by atoms with Gasteiger partial charge in [-0.15, -0.1) is 0 Å². The minimum absolute atomic E-state index is 0.170. The van der Waals surface area contributed by atoms with E-state index in [9.17, 15) is 39.6 Å². The second-order valence-electron chi connectivity index (χ2n) is 5.64. The van der Waals surface area contributed by atoms with E-state index >= 15 is 0 Å². The molecule has 0 aromatic rings. The zero-order valence-corrected chi connectivity index (χ0v) is 13.6. The monoisotopic (exact) mass is 334 g/mol. The highest BCUT2D eigenvalue weighted by atomic mass is 16.5. The van der Waals surface area contributed by atoms with Gasteiger partial charge in [-0.05, 0) is 34.6 Å². The van der Waals surface area contributed by atoms with Crippen molar-refractivity contribution >= 4 is 23.3 Å². The highest BCUT2D eigenvalue weighted by molar-refractivity contribution is 6.26. The number of ether oxygens (including phenoxy) is 1. The molecule has 0 radical (unpaired) electrons. The van der Waals surface area contributed by atoms with Crippen LogP contribution in [0.2, 0.25) is 0 Å². The fraction of sp³-hybridized carbons (Fsp3) is 0.714. The van der Waals surface area contributed by atoms with E-state index in [2.05, 4.69) is 4.74 Å². The Kier molecular flexibility index (Phi) is 6.33. The fourth-order valence-corrected chi connectivity index (χ4v) is 1.93. The van der Waals surface area contributed by atoms with Crippen LogP contribution in [0.5, 0.6) is 0 Å². The molecule has 4 N–H and O–H groups in total. The molecule has 9 heteroatoms. The standard InChI is InChI=1S/C14H22O9/c1-6-23-11(19)14(5,22)10(18)13(4,21)9(17)12(3,20)8(16)7(2)15/h7,15,20-22H,6H2,1-5H3. The molecular formula is C14H22O9. The van der Waals surface area contributed by atoms with Gasteiger partial charge in [0.2, 0.25) is 17.2 Å². The van der Waals surface area contributed by atoms with Crippen LogP contribution in [0.3, 0.4) is 0 Å². The van der Waals surface area contributed by atoms with Gasteiger partial charge in [0, 0.05) is 0 Å². The third-order valence-corrected chi connectivity index (χ3v) is 3.30. The molecule has 0 aliphatic rings. The van der Waals surface area contributed by atoms with Crippen molar-refractivity contribution in [2.75, 3.05) is 6.61 Å². The highest BCUT2D eigenvalue weighted by Crippen LogP contribution is 2.25. The molecule has 4 atom stereocenters. The van der Waals surface area contributed by atoms with Crippen LogP contribution in [0.25, 0.3) is 0 Å². The second kappa shape index (κ2) is 6.83. The summed E-state index contributed by atoms with van der Waals surface area (Å²) in [6.07, 6.45) is -1.74. The summed E-state index contributed by atoms with van der Waals surface area (Å²) in [6.45, 7) is 4.24. The van der Waals surface area contributed by atoms with Crippen LogP contribution < -0.4 is 0 Å². The summed E-state index contributed by atoms with van der Waals surface area (Å²) in [6, 6.07) is 0. The lowest BCUT2D eigenvalue weighted by molar-refractivity contribution is -0.181. The van der Waals surface area contributed by atoms with Crippen LogP contribution in [0, 0.1) is 0 Å². The Hall–Kier alpha value is -1.68. The molecule has 0 heterocycles. The Labute approximate surface area is 132 Å². The van der Waals surface area contributed by atoms with Gasteiger partial charge in [0.1, 0.15) is 6.10 Å². The van der Waals surface area contributed by atoms with Crippen LogP contribution >= 0.6 is 0 Å². The Morgan fingerprint density at radius 1 is 0.913 bits per heavy atom. The molecule has 0 saturated heterocycles. The predicted molar refractivity (Wildman–Crippen MR) is 75.2 cm³/mol. The number of carbonyl (C=O) groups is 4. The summed E-state index contributed by atoms with van der Waals surface area (Å²) in [5.41, 5.74) is -8.86. The van der Waals surface area contributed by atoms with E-state index in [-0.39, 0.29) is 6.61 Å². The summed E-state index contributed by atoms with van der Waals surface area (Å²) in [4.78, 5) is 47.6. The Bertz CT molecular complexity index is 514. The van der Waals surface area contributed by atoms with Crippen LogP contribution in [-0.4, -0.2) is 73.3 Å². The zero-order chi connectivity index (χ0) is 18.8. The van der Waals surface area contributed by atoms with Gasteiger partial charge in [-0.1, -0.05) is 0 Å². The molecule has 0 spiro atoms. The van der Waals surface area contributed by atoms with Gasteiger partial charge in [0.15, 0.2) is 17.0 Å². The maximum absolute atomic E-state index is 12.2. The average molecular weight is 334 g/mol. The third kappa shape index (κ3) is 3.99. The van der Waals surface area contributed by atoms with Crippen molar-refractivity contribution in [3.63, 3.8) is 0 Å². The lowest BCUT2D eigenvalue weighted by Gasteiger charge is -2.33. The largest absolute Gasteiger partial charge is 0.464 e. The first-order valence-electron chi connectivity index (χ1n) is 6.81. The van der Waals surface area contributed by atoms with Crippen LogP contribution in [0.15, 0.2) is 0 Å². The van der Waals surface area contributed by atoms with Gasteiger partial charge < -0.3 is 25.2 Å². The maximum Gasteiger partial charge on any atom is 0.345 e. The molecule has 0 aromatic heterocycles. The van der Waals surface area contributed by atoms with Gasteiger partial charge in [0.25, 0.3) is 0 Å². The van der Waals surface area contributed by atoms with E-state index < -0.39 is 46.2 Å². The number of hydrogen-bond donors (Lipinski definition) is 4. The van der Waals surface area contributed by atoms with E-state index in [1.165, 1.54) is 6.92 Å². The van der Waals surface area contributed by atoms with Gasteiger partial charge in [-0.2, -0.15) is 0 Å². The van der Waals surface area contributed by atoms with E-state index in [1.54, 1.807) is 0 Å².